The van der Waals surface area contributed by atoms with Crippen LogP contribution >= 0.6 is 0 Å². The van der Waals surface area contributed by atoms with Crippen LogP contribution in [0.15, 0.2) is 186 Å². The first kappa shape index (κ1) is 36.2. The molecule has 2 aliphatic rings. The van der Waals surface area contributed by atoms with Crippen molar-refractivity contribution in [3.63, 3.8) is 0 Å². The van der Waals surface area contributed by atoms with E-state index >= 15 is 0 Å². The highest BCUT2D eigenvalue weighted by Gasteiger charge is 2.35. The first-order chi connectivity index (χ1) is 31.4. The van der Waals surface area contributed by atoms with Crippen LogP contribution < -0.4 is 0 Å². The Labute approximate surface area is 369 Å². The van der Waals surface area contributed by atoms with Crippen LogP contribution in [0, 0.1) is 11.3 Å². The number of furan rings is 1. The summed E-state index contributed by atoms with van der Waals surface area (Å²) in [6.45, 7) is 4.59. The van der Waals surface area contributed by atoms with E-state index in [0.29, 0.717) is 23.0 Å². The molecule has 13 rings (SSSR count). The van der Waals surface area contributed by atoms with Crippen LogP contribution in [0.4, 0.5) is 0 Å². The van der Waals surface area contributed by atoms with Crippen molar-refractivity contribution in [2.45, 2.75) is 19.3 Å². The Kier molecular flexibility index (Phi) is 7.65. The van der Waals surface area contributed by atoms with E-state index in [1.54, 1.807) is 0 Å². The van der Waals surface area contributed by atoms with Crippen LogP contribution in [0.1, 0.15) is 30.5 Å². The highest BCUT2D eigenvalue weighted by Crippen LogP contribution is 2.53. The van der Waals surface area contributed by atoms with Gasteiger partial charge >= 0.3 is 0 Å². The molecule has 298 valence electrons. The zero-order valence-electron chi connectivity index (χ0n) is 35.0. The van der Waals surface area contributed by atoms with Crippen LogP contribution in [0.25, 0.3) is 123 Å². The number of benzene rings is 9. The first-order valence-corrected chi connectivity index (χ1v) is 21.6. The number of hydrogen-bond acceptors (Lipinski definition) is 5. The Hall–Kier alpha value is -8.46. The number of aromatic nitrogens is 3. The van der Waals surface area contributed by atoms with E-state index in [1.165, 1.54) is 55.3 Å². The lowest BCUT2D eigenvalue weighted by atomic mass is 9.82. The quantitative estimate of drug-likeness (QED) is 0.173. The summed E-state index contributed by atoms with van der Waals surface area (Å²) < 4.78 is 6.63. The van der Waals surface area contributed by atoms with E-state index in [0.717, 1.165) is 60.9 Å². The van der Waals surface area contributed by atoms with E-state index in [1.807, 2.05) is 42.5 Å². The Balaban J connectivity index is 0.944. The van der Waals surface area contributed by atoms with E-state index in [2.05, 4.69) is 159 Å². The molecule has 0 bridgehead atoms. The number of hydrogen-bond donors (Lipinski definition) is 0. The van der Waals surface area contributed by atoms with E-state index in [9.17, 15) is 5.26 Å². The van der Waals surface area contributed by atoms with Crippen LogP contribution in [-0.2, 0) is 5.41 Å². The Bertz CT molecular complexity index is 3790. The first-order valence-electron chi connectivity index (χ1n) is 21.6. The minimum Gasteiger partial charge on any atom is -0.456 e. The van der Waals surface area contributed by atoms with Gasteiger partial charge in [0.05, 0.1) is 11.6 Å². The SMILES string of the molecule is CC1(C)c2ccccc2-c2ccc(-c3nc(-c4ccccc4)nc(-c4ccc5c(c4)oc4ccc(-c6ccc7c8c(ccc(-c9ccc(C#N)cc9)c68)-c6ccccc6-7)cc45)n3)cc21. The van der Waals surface area contributed by atoms with Crippen molar-refractivity contribution in [2.75, 3.05) is 0 Å². The molecule has 0 atom stereocenters. The lowest BCUT2D eigenvalue weighted by Crippen LogP contribution is -2.15. The topological polar surface area (TPSA) is 75.6 Å². The van der Waals surface area contributed by atoms with Gasteiger partial charge in [-0.1, -0.05) is 153 Å². The molecule has 0 amide bonds. The van der Waals surface area contributed by atoms with Crippen molar-refractivity contribution < 1.29 is 4.42 Å². The molecule has 2 heterocycles. The maximum Gasteiger partial charge on any atom is 0.164 e. The summed E-state index contributed by atoms with van der Waals surface area (Å²) in [6.07, 6.45) is 0. The molecule has 0 unspecified atom stereocenters. The van der Waals surface area contributed by atoms with Gasteiger partial charge in [-0.25, -0.2) is 15.0 Å². The van der Waals surface area contributed by atoms with Crippen LogP contribution in [0.3, 0.4) is 0 Å². The number of fused-ring (bicyclic) bond motifs is 9. The minimum absolute atomic E-state index is 0.153. The van der Waals surface area contributed by atoms with Crippen molar-refractivity contribution in [3.05, 3.63) is 199 Å². The standard InChI is InChI=1S/C59H36N4O/c1-59(2)50-15-9-8-14-44(50)45-23-20-38(31-51(45)59)57-61-56(36-10-4-3-5-11-36)62-58(63-57)39-21-24-46-49-30-37(22-29-52(49)64-53(46)32-39)41-26-28-48-43-13-7-6-12-42(43)47-27-25-40(54(41)55(47)48)35-18-16-34(33-60)17-19-35/h3-32H,1-2H3. The molecule has 9 aromatic carbocycles. The van der Waals surface area contributed by atoms with Gasteiger partial charge in [0.2, 0.25) is 0 Å². The molecular formula is C59H36N4O. The van der Waals surface area contributed by atoms with E-state index < -0.39 is 0 Å². The Morgan fingerprint density at radius 1 is 0.391 bits per heavy atom. The molecule has 0 aliphatic heterocycles. The number of rotatable bonds is 5. The van der Waals surface area contributed by atoms with Crippen molar-refractivity contribution in [1.29, 1.82) is 5.26 Å². The second-order valence-electron chi connectivity index (χ2n) is 17.4. The predicted molar refractivity (Wildman–Crippen MR) is 258 cm³/mol. The number of nitrogens with zero attached hydrogens (tertiary/aromatic N) is 4. The fraction of sp³-hybridized carbons (Fsp3) is 0.0508. The summed E-state index contributed by atoms with van der Waals surface area (Å²) in [5, 5.41) is 14.1. The third kappa shape index (κ3) is 5.33. The molecule has 0 fully saturated rings. The monoisotopic (exact) mass is 816 g/mol. The van der Waals surface area contributed by atoms with Gasteiger partial charge in [-0.2, -0.15) is 5.26 Å². The van der Waals surface area contributed by atoms with Crippen molar-refractivity contribution >= 4 is 32.7 Å². The van der Waals surface area contributed by atoms with Crippen molar-refractivity contribution in [1.82, 2.24) is 15.0 Å². The normalized spacial score (nSPS) is 13.0. The lowest BCUT2D eigenvalue weighted by molar-refractivity contribution is 0.660. The molecule has 0 saturated heterocycles. The number of nitriles is 1. The van der Waals surface area contributed by atoms with Gasteiger partial charge in [0.1, 0.15) is 11.2 Å². The van der Waals surface area contributed by atoms with Crippen LogP contribution in [-0.4, -0.2) is 15.0 Å². The second kappa shape index (κ2) is 13.5. The molecule has 5 nitrogen and oxygen atoms in total. The van der Waals surface area contributed by atoms with E-state index in [4.69, 9.17) is 19.4 Å². The third-order valence-electron chi connectivity index (χ3n) is 13.5. The van der Waals surface area contributed by atoms with Gasteiger partial charge < -0.3 is 4.42 Å². The van der Waals surface area contributed by atoms with Gasteiger partial charge in [0, 0.05) is 32.9 Å². The fourth-order valence-corrected chi connectivity index (χ4v) is 10.4. The molecule has 0 saturated carbocycles. The molecule has 0 N–H and O–H groups in total. The summed E-state index contributed by atoms with van der Waals surface area (Å²) in [5.41, 5.74) is 19.4. The Morgan fingerprint density at radius 3 is 1.64 bits per heavy atom. The van der Waals surface area contributed by atoms with Crippen LogP contribution in [0.5, 0.6) is 0 Å². The summed E-state index contributed by atoms with van der Waals surface area (Å²) in [5.74, 6) is 1.83. The minimum atomic E-state index is -0.153. The van der Waals surface area contributed by atoms with Gasteiger partial charge in [-0.15, -0.1) is 0 Å². The van der Waals surface area contributed by atoms with Gasteiger partial charge in [0.15, 0.2) is 17.5 Å². The average Bonchev–Trinajstić information content (AvgIpc) is 3.96. The highest BCUT2D eigenvalue weighted by molar-refractivity contribution is 6.23. The molecule has 0 spiro atoms. The Morgan fingerprint density at radius 2 is 0.922 bits per heavy atom. The molecule has 0 radical (unpaired) electrons. The zero-order chi connectivity index (χ0) is 42.7. The largest absolute Gasteiger partial charge is 0.456 e. The lowest BCUT2D eigenvalue weighted by Gasteiger charge is -2.21. The maximum atomic E-state index is 9.57. The smallest absolute Gasteiger partial charge is 0.164 e. The van der Waals surface area contributed by atoms with Crippen LogP contribution in [0.2, 0.25) is 0 Å². The summed E-state index contributed by atoms with van der Waals surface area (Å²) in [4.78, 5) is 15.3. The summed E-state index contributed by atoms with van der Waals surface area (Å²) in [7, 11) is 0. The summed E-state index contributed by atoms with van der Waals surface area (Å²) >= 11 is 0. The second-order valence-corrected chi connectivity index (χ2v) is 17.4. The zero-order valence-corrected chi connectivity index (χ0v) is 35.0. The highest BCUT2D eigenvalue weighted by atomic mass is 16.3. The maximum absolute atomic E-state index is 9.57. The molecular weight excluding hydrogens is 781 g/mol. The van der Waals surface area contributed by atoms with Gasteiger partial charge in [0.25, 0.3) is 0 Å². The summed E-state index contributed by atoms with van der Waals surface area (Å²) in [6, 6.07) is 66.1. The molecule has 64 heavy (non-hydrogen) atoms. The van der Waals surface area contributed by atoms with Crippen molar-refractivity contribution in [3.8, 4) is 95.9 Å². The van der Waals surface area contributed by atoms with Gasteiger partial charge in [-0.3, -0.25) is 0 Å². The third-order valence-corrected chi connectivity index (χ3v) is 13.5. The fourth-order valence-electron chi connectivity index (χ4n) is 10.4. The molecule has 5 heteroatoms. The predicted octanol–water partition coefficient (Wildman–Crippen LogP) is 15.1. The molecule has 2 aliphatic carbocycles. The van der Waals surface area contributed by atoms with E-state index in [-0.39, 0.29) is 5.41 Å². The molecule has 11 aromatic rings. The van der Waals surface area contributed by atoms with Crippen molar-refractivity contribution in [2.24, 2.45) is 0 Å². The molecule has 2 aromatic heterocycles. The van der Waals surface area contributed by atoms with Gasteiger partial charge in [-0.05, 0) is 120 Å². The average molecular weight is 817 g/mol.